The van der Waals surface area contributed by atoms with Crippen molar-refractivity contribution in [3.63, 3.8) is 0 Å². The lowest BCUT2D eigenvalue weighted by Gasteiger charge is -2.23. The number of ether oxygens (including phenoxy) is 1. The molecule has 0 radical (unpaired) electrons. The Morgan fingerprint density at radius 3 is 2.54 bits per heavy atom. The first kappa shape index (κ1) is 26.9. The molecule has 0 aliphatic rings. The fraction of sp³-hybridized carbons (Fsp3) is 0.280. The van der Waals surface area contributed by atoms with Crippen LogP contribution >= 0.6 is 23.2 Å². The van der Waals surface area contributed by atoms with E-state index in [1.54, 1.807) is 25.1 Å². The molecule has 186 valence electrons. The van der Waals surface area contributed by atoms with Gasteiger partial charge in [0.15, 0.2) is 5.82 Å². The van der Waals surface area contributed by atoms with E-state index in [0.717, 1.165) is 24.7 Å². The Morgan fingerprint density at radius 1 is 1.17 bits per heavy atom. The van der Waals surface area contributed by atoms with Crippen molar-refractivity contribution in [2.24, 2.45) is 0 Å². The molecule has 10 heteroatoms. The zero-order valence-electron chi connectivity index (χ0n) is 19.4. The van der Waals surface area contributed by atoms with Gasteiger partial charge in [0.2, 0.25) is 15.9 Å². The van der Waals surface area contributed by atoms with Gasteiger partial charge in [-0.3, -0.25) is 4.79 Å². The summed E-state index contributed by atoms with van der Waals surface area (Å²) in [4.78, 5) is 17.2. The maximum Gasteiger partial charge on any atom is 0.268 e. The normalized spacial score (nSPS) is 12.3. The van der Waals surface area contributed by atoms with Crippen LogP contribution in [0.25, 0.3) is 11.1 Å². The largest absolute Gasteiger partial charge is 0.469 e. The van der Waals surface area contributed by atoms with Crippen molar-refractivity contribution in [1.82, 2.24) is 9.71 Å². The SMILES string of the molecule is CCCC[C@H](Oc1ncccc1-c1c(C)cc(Cl)c(F)c1C(=O)NS(C)(=O)=O)c1ccccc1Cl. The molecule has 1 N–H and O–H groups in total. The molecule has 0 saturated heterocycles. The molecular weight excluding hydrogens is 514 g/mol. The molecule has 0 saturated carbocycles. The Balaban J connectivity index is 2.18. The minimum atomic E-state index is -3.96. The third-order valence-electron chi connectivity index (χ3n) is 5.29. The number of amides is 1. The lowest BCUT2D eigenvalue weighted by atomic mass is 9.94. The predicted octanol–water partition coefficient (Wildman–Crippen LogP) is 6.50. The molecule has 0 aliphatic carbocycles. The van der Waals surface area contributed by atoms with Gasteiger partial charge in [0.1, 0.15) is 6.10 Å². The molecule has 2 aromatic carbocycles. The molecule has 0 aliphatic heterocycles. The number of hydrogen-bond acceptors (Lipinski definition) is 5. The second-order valence-electron chi connectivity index (χ2n) is 8.07. The van der Waals surface area contributed by atoms with Crippen molar-refractivity contribution in [1.29, 1.82) is 0 Å². The average Bonchev–Trinajstić information content (AvgIpc) is 2.78. The summed E-state index contributed by atoms with van der Waals surface area (Å²) in [7, 11) is -3.96. The molecule has 1 aromatic heterocycles. The highest BCUT2D eigenvalue weighted by Gasteiger charge is 2.28. The van der Waals surface area contributed by atoms with Crippen LogP contribution in [0.5, 0.6) is 5.88 Å². The van der Waals surface area contributed by atoms with Gasteiger partial charge in [-0.15, -0.1) is 0 Å². The summed E-state index contributed by atoms with van der Waals surface area (Å²) in [5, 5.41) is 0.223. The molecule has 3 aromatic rings. The van der Waals surface area contributed by atoms with E-state index in [2.05, 4.69) is 11.9 Å². The van der Waals surface area contributed by atoms with Gasteiger partial charge in [-0.25, -0.2) is 22.5 Å². The Kier molecular flexibility index (Phi) is 8.74. The number of hydrogen-bond donors (Lipinski definition) is 1. The molecule has 1 heterocycles. The molecule has 3 rings (SSSR count). The number of aromatic nitrogens is 1. The summed E-state index contributed by atoms with van der Waals surface area (Å²) < 4.78 is 46.7. The second kappa shape index (κ2) is 11.4. The number of nitrogens with zero attached hydrogens (tertiary/aromatic N) is 1. The molecule has 0 unspecified atom stereocenters. The van der Waals surface area contributed by atoms with E-state index in [0.29, 0.717) is 22.6 Å². The van der Waals surface area contributed by atoms with Crippen LogP contribution in [0, 0.1) is 12.7 Å². The number of unbranched alkanes of at least 4 members (excludes halogenated alkanes) is 1. The van der Waals surface area contributed by atoms with Gasteiger partial charge in [-0.2, -0.15) is 0 Å². The third kappa shape index (κ3) is 6.51. The van der Waals surface area contributed by atoms with Crippen molar-refractivity contribution in [2.75, 3.05) is 6.26 Å². The Morgan fingerprint density at radius 2 is 1.89 bits per heavy atom. The van der Waals surface area contributed by atoms with Gasteiger partial charge in [0.25, 0.3) is 5.91 Å². The first-order valence-corrected chi connectivity index (χ1v) is 13.5. The molecule has 0 bridgehead atoms. The minimum absolute atomic E-state index is 0.129. The van der Waals surface area contributed by atoms with Crippen molar-refractivity contribution < 1.29 is 22.3 Å². The zero-order valence-corrected chi connectivity index (χ0v) is 21.8. The van der Waals surface area contributed by atoms with Crippen LogP contribution in [-0.4, -0.2) is 25.6 Å². The van der Waals surface area contributed by atoms with Gasteiger partial charge < -0.3 is 4.74 Å². The fourth-order valence-corrected chi connectivity index (χ4v) is 4.70. The molecule has 6 nitrogen and oxygen atoms in total. The lowest BCUT2D eigenvalue weighted by Crippen LogP contribution is -2.30. The van der Waals surface area contributed by atoms with E-state index in [1.165, 1.54) is 12.3 Å². The summed E-state index contributed by atoms with van der Waals surface area (Å²) in [6.45, 7) is 3.69. The summed E-state index contributed by atoms with van der Waals surface area (Å²) in [5.41, 5.74) is 1.14. The van der Waals surface area contributed by atoms with E-state index in [-0.39, 0.29) is 16.5 Å². The Bertz CT molecular complexity index is 1350. The third-order valence-corrected chi connectivity index (χ3v) is 6.46. The van der Waals surface area contributed by atoms with Crippen molar-refractivity contribution >= 4 is 39.1 Å². The first-order valence-electron chi connectivity index (χ1n) is 10.9. The van der Waals surface area contributed by atoms with E-state index < -0.39 is 33.4 Å². The number of carbonyl (C=O) groups excluding carboxylic acids is 1. The van der Waals surface area contributed by atoms with Crippen molar-refractivity contribution in [2.45, 2.75) is 39.2 Å². The molecule has 1 atom stereocenters. The standard InChI is InChI=1S/C25H25Cl2FN2O4S/c1-4-5-12-20(16-9-6-7-11-18(16)26)34-25-17(10-8-13-29-25)21-15(2)14-19(27)23(28)22(21)24(31)30-35(3,32)33/h6-11,13-14,20H,4-5,12H2,1-3H3,(H,30,31)/t20-/m0/s1. The molecule has 35 heavy (non-hydrogen) atoms. The first-order chi connectivity index (χ1) is 16.5. The number of sulfonamides is 1. The number of aryl methyl sites for hydroxylation is 1. The van der Waals surface area contributed by atoms with Gasteiger partial charge in [0.05, 0.1) is 16.8 Å². The molecule has 1 amide bonds. The monoisotopic (exact) mass is 538 g/mol. The number of nitrogens with one attached hydrogen (secondary N) is 1. The predicted molar refractivity (Wildman–Crippen MR) is 136 cm³/mol. The van der Waals surface area contributed by atoms with E-state index >= 15 is 4.39 Å². The lowest BCUT2D eigenvalue weighted by molar-refractivity contribution is 0.0978. The number of halogens is 3. The molecule has 0 fully saturated rings. The van der Waals surface area contributed by atoms with Crippen LogP contribution in [0.2, 0.25) is 10.0 Å². The quantitative estimate of drug-likeness (QED) is 0.336. The van der Waals surface area contributed by atoms with Gasteiger partial charge >= 0.3 is 0 Å². The highest BCUT2D eigenvalue weighted by Crippen LogP contribution is 2.40. The van der Waals surface area contributed by atoms with Crippen molar-refractivity contribution in [3.8, 4) is 17.0 Å². The number of benzene rings is 2. The topological polar surface area (TPSA) is 85.4 Å². The fourth-order valence-electron chi connectivity index (χ4n) is 3.75. The molecule has 0 spiro atoms. The van der Waals surface area contributed by atoms with Gasteiger partial charge in [-0.1, -0.05) is 54.7 Å². The van der Waals surface area contributed by atoms with Crippen LogP contribution in [0.1, 0.15) is 53.8 Å². The van der Waals surface area contributed by atoms with Gasteiger partial charge in [-0.05, 0) is 49.6 Å². The highest BCUT2D eigenvalue weighted by atomic mass is 35.5. The summed E-state index contributed by atoms with van der Waals surface area (Å²) in [6.07, 6.45) is 4.29. The average molecular weight is 539 g/mol. The molecular formula is C25H25Cl2FN2O4S. The second-order valence-corrected chi connectivity index (χ2v) is 10.6. The van der Waals surface area contributed by atoms with Crippen LogP contribution in [0.4, 0.5) is 4.39 Å². The Hall–Kier alpha value is -2.68. The van der Waals surface area contributed by atoms with Gasteiger partial charge in [0, 0.05) is 27.9 Å². The highest BCUT2D eigenvalue weighted by molar-refractivity contribution is 7.89. The maximum atomic E-state index is 15.2. The smallest absolute Gasteiger partial charge is 0.268 e. The zero-order chi connectivity index (χ0) is 25.8. The number of carbonyl (C=O) groups is 1. The van der Waals surface area contributed by atoms with Crippen LogP contribution in [0.15, 0.2) is 48.7 Å². The van der Waals surface area contributed by atoms with Crippen LogP contribution < -0.4 is 9.46 Å². The van der Waals surface area contributed by atoms with Crippen molar-refractivity contribution in [3.05, 3.63) is 81.2 Å². The number of rotatable bonds is 9. The maximum absolute atomic E-state index is 15.2. The Labute approximate surface area is 214 Å². The minimum Gasteiger partial charge on any atom is -0.469 e. The van der Waals surface area contributed by atoms with Crippen LogP contribution in [0.3, 0.4) is 0 Å². The van der Waals surface area contributed by atoms with Crippen LogP contribution in [-0.2, 0) is 10.0 Å². The van der Waals surface area contributed by atoms with E-state index in [9.17, 15) is 13.2 Å². The summed E-state index contributed by atoms with van der Waals surface area (Å²) in [6, 6.07) is 11.9. The summed E-state index contributed by atoms with van der Waals surface area (Å²) in [5.74, 6) is -2.04. The number of pyridine rings is 1. The summed E-state index contributed by atoms with van der Waals surface area (Å²) >= 11 is 12.4. The van der Waals surface area contributed by atoms with E-state index in [1.807, 2.05) is 22.9 Å². The van der Waals surface area contributed by atoms with E-state index in [4.69, 9.17) is 27.9 Å².